The van der Waals surface area contributed by atoms with Gasteiger partial charge >= 0.3 is 0 Å². The van der Waals surface area contributed by atoms with Gasteiger partial charge in [-0.05, 0) is 54.4 Å². The van der Waals surface area contributed by atoms with Crippen LogP contribution in [0.15, 0.2) is 48.5 Å². The summed E-state index contributed by atoms with van der Waals surface area (Å²) in [7, 11) is 0. The second kappa shape index (κ2) is 9.60. The van der Waals surface area contributed by atoms with Gasteiger partial charge in [-0.3, -0.25) is 4.79 Å². The molecule has 1 fully saturated rings. The van der Waals surface area contributed by atoms with Gasteiger partial charge in [-0.25, -0.2) is 0 Å². The van der Waals surface area contributed by atoms with Crippen LogP contribution in [0.3, 0.4) is 0 Å². The molecule has 0 aliphatic carbocycles. The number of benzene rings is 2. The lowest BCUT2D eigenvalue weighted by Gasteiger charge is -2.35. The van der Waals surface area contributed by atoms with Gasteiger partial charge in [-0.1, -0.05) is 32.9 Å². The minimum absolute atomic E-state index is 0.00174. The minimum Gasteiger partial charge on any atom is -0.484 e. The number of carbonyl (C=O) groups excluding carboxylic acids is 1. The maximum atomic E-state index is 12.2. The molecule has 2 aromatic rings. The first-order chi connectivity index (χ1) is 13.5. The van der Waals surface area contributed by atoms with Crippen molar-refractivity contribution in [1.82, 2.24) is 4.90 Å². The van der Waals surface area contributed by atoms with Gasteiger partial charge in [-0.2, -0.15) is 0 Å². The number of piperazine rings is 1. The van der Waals surface area contributed by atoms with Gasteiger partial charge in [-0.15, -0.1) is 0 Å². The lowest BCUT2D eigenvalue weighted by Crippen LogP contribution is -2.46. The standard InChI is InChI=1S/C23H31N3O2/c1-4-25-13-15-26(16-14-25)21-9-7-20(8-10-21)24-23(27)17-28-22-11-5-19(6-12-22)18(2)3/h5-12,18H,4,13-17H2,1-3H3,(H,24,27). The van der Waals surface area contributed by atoms with Crippen LogP contribution in [0, 0.1) is 0 Å². The third-order valence-corrected chi connectivity index (χ3v) is 5.25. The van der Waals surface area contributed by atoms with E-state index in [4.69, 9.17) is 4.74 Å². The Labute approximate surface area is 168 Å². The van der Waals surface area contributed by atoms with E-state index in [-0.39, 0.29) is 12.5 Å². The summed E-state index contributed by atoms with van der Waals surface area (Å²) >= 11 is 0. The Kier molecular flexibility index (Phi) is 6.93. The van der Waals surface area contributed by atoms with Gasteiger partial charge in [0, 0.05) is 37.6 Å². The number of carbonyl (C=O) groups is 1. The van der Waals surface area contributed by atoms with Gasteiger partial charge < -0.3 is 19.9 Å². The topological polar surface area (TPSA) is 44.8 Å². The molecule has 1 N–H and O–H groups in total. The first kappa shape index (κ1) is 20.2. The van der Waals surface area contributed by atoms with E-state index in [1.54, 1.807) is 0 Å². The zero-order valence-corrected chi connectivity index (χ0v) is 17.1. The van der Waals surface area contributed by atoms with E-state index in [9.17, 15) is 4.79 Å². The van der Waals surface area contributed by atoms with Crippen LogP contribution in [0.4, 0.5) is 11.4 Å². The Morgan fingerprint density at radius 1 is 1.00 bits per heavy atom. The molecule has 2 aromatic carbocycles. The predicted molar refractivity (Wildman–Crippen MR) is 115 cm³/mol. The number of rotatable bonds is 7. The highest BCUT2D eigenvalue weighted by Crippen LogP contribution is 2.20. The SMILES string of the molecule is CCN1CCN(c2ccc(NC(=O)COc3ccc(C(C)C)cc3)cc2)CC1. The van der Waals surface area contributed by atoms with Crippen LogP contribution in [0.25, 0.3) is 0 Å². The summed E-state index contributed by atoms with van der Waals surface area (Å²) in [5, 5.41) is 2.90. The molecule has 1 saturated heterocycles. The average molecular weight is 382 g/mol. The fourth-order valence-electron chi connectivity index (χ4n) is 3.37. The van der Waals surface area contributed by atoms with Crippen molar-refractivity contribution in [3.05, 3.63) is 54.1 Å². The lowest BCUT2D eigenvalue weighted by atomic mass is 10.0. The van der Waals surface area contributed by atoms with Crippen LogP contribution < -0.4 is 15.0 Å². The van der Waals surface area contributed by atoms with Crippen LogP contribution >= 0.6 is 0 Å². The van der Waals surface area contributed by atoms with Gasteiger partial charge in [0.05, 0.1) is 0 Å². The van der Waals surface area contributed by atoms with Crippen LogP contribution in [0.1, 0.15) is 32.3 Å². The third-order valence-electron chi connectivity index (χ3n) is 5.25. The third kappa shape index (κ3) is 5.49. The molecule has 0 spiro atoms. The van der Waals surface area contributed by atoms with Crippen LogP contribution in [-0.4, -0.2) is 50.1 Å². The molecule has 1 aliphatic rings. The fraction of sp³-hybridized carbons (Fsp3) is 0.435. The molecular weight excluding hydrogens is 350 g/mol. The second-order valence-corrected chi connectivity index (χ2v) is 7.53. The molecule has 0 atom stereocenters. The zero-order chi connectivity index (χ0) is 19.9. The highest BCUT2D eigenvalue weighted by molar-refractivity contribution is 5.92. The predicted octanol–water partition coefficient (Wildman–Crippen LogP) is 3.97. The molecule has 0 radical (unpaired) electrons. The van der Waals surface area contributed by atoms with E-state index in [0.29, 0.717) is 11.7 Å². The zero-order valence-electron chi connectivity index (χ0n) is 17.1. The maximum absolute atomic E-state index is 12.2. The number of amides is 1. The van der Waals surface area contributed by atoms with Gasteiger partial charge in [0.25, 0.3) is 5.91 Å². The fourth-order valence-corrected chi connectivity index (χ4v) is 3.37. The number of likely N-dealkylation sites (N-methyl/N-ethyl adjacent to an activating group) is 1. The van der Waals surface area contributed by atoms with E-state index >= 15 is 0 Å². The molecule has 0 aromatic heterocycles. The van der Waals surface area contributed by atoms with Crippen molar-refractivity contribution >= 4 is 17.3 Å². The van der Waals surface area contributed by atoms with E-state index in [1.165, 1.54) is 11.3 Å². The molecule has 150 valence electrons. The van der Waals surface area contributed by atoms with Crippen LogP contribution in [0.5, 0.6) is 5.75 Å². The summed E-state index contributed by atoms with van der Waals surface area (Å²) < 4.78 is 5.59. The summed E-state index contributed by atoms with van der Waals surface area (Å²) in [6.07, 6.45) is 0. The molecule has 0 bridgehead atoms. The number of ether oxygens (including phenoxy) is 1. The van der Waals surface area contributed by atoms with Crippen molar-refractivity contribution in [3.63, 3.8) is 0 Å². The molecule has 28 heavy (non-hydrogen) atoms. The van der Waals surface area contributed by atoms with Crippen molar-refractivity contribution in [1.29, 1.82) is 0 Å². The van der Waals surface area contributed by atoms with E-state index in [1.807, 2.05) is 36.4 Å². The monoisotopic (exact) mass is 381 g/mol. The average Bonchev–Trinajstić information content (AvgIpc) is 2.73. The summed E-state index contributed by atoms with van der Waals surface area (Å²) in [5.41, 5.74) is 3.25. The van der Waals surface area contributed by atoms with E-state index in [0.717, 1.165) is 38.4 Å². The Bertz CT molecular complexity index is 748. The Morgan fingerprint density at radius 2 is 1.64 bits per heavy atom. The van der Waals surface area contributed by atoms with Crippen LogP contribution in [0.2, 0.25) is 0 Å². The molecule has 0 unspecified atom stereocenters. The second-order valence-electron chi connectivity index (χ2n) is 7.53. The summed E-state index contributed by atoms with van der Waals surface area (Å²) in [6, 6.07) is 16.0. The lowest BCUT2D eigenvalue weighted by molar-refractivity contribution is -0.118. The highest BCUT2D eigenvalue weighted by Gasteiger charge is 2.15. The molecule has 0 saturated carbocycles. The van der Waals surface area contributed by atoms with Gasteiger partial charge in [0.1, 0.15) is 5.75 Å². The molecule has 5 heteroatoms. The smallest absolute Gasteiger partial charge is 0.262 e. The van der Waals surface area contributed by atoms with Crippen molar-refractivity contribution in [2.45, 2.75) is 26.7 Å². The van der Waals surface area contributed by atoms with Crippen molar-refractivity contribution in [2.75, 3.05) is 49.5 Å². The maximum Gasteiger partial charge on any atom is 0.262 e. The van der Waals surface area contributed by atoms with E-state index in [2.05, 4.69) is 48.0 Å². The number of nitrogens with zero attached hydrogens (tertiary/aromatic N) is 2. The van der Waals surface area contributed by atoms with Crippen LogP contribution in [-0.2, 0) is 4.79 Å². The first-order valence-electron chi connectivity index (χ1n) is 10.1. The molecule has 1 amide bonds. The minimum atomic E-state index is -0.155. The summed E-state index contributed by atoms with van der Waals surface area (Å²) in [5.74, 6) is 1.04. The molecule has 1 aliphatic heterocycles. The first-order valence-corrected chi connectivity index (χ1v) is 10.1. The number of hydrogen-bond donors (Lipinski definition) is 1. The Morgan fingerprint density at radius 3 is 2.21 bits per heavy atom. The molecule has 1 heterocycles. The normalized spacial score (nSPS) is 14.9. The van der Waals surface area contributed by atoms with Gasteiger partial charge in [0.2, 0.25) is 0 Å². The summed E-state index contributed by atoms with van der Waals surface area (Å²) in [4.78, 5) is 17.0. The largest absolute Gasteiger partial charge is 0.484 e. The van der Waals surface area contributed by atoms with Gasteiger partial charge in [0.15, 0.2) is 6.61 Å². The number of nitrogens with one attached hydrogen (secondary N) is 1. The molecule has 5 nitrogen and oxygen atoms in total. The van der Waals surface area contributed by atoms with Crippen molar-refractivity contribution in [3.8, 4) is 5.75 Å². The summed E-state index contributed by atoms with van der Waals surface area (Å²) in [6.45, 7) is 11.9. The molecular formula is C23H31N3O2. The highest BCUT2D eigenvalue weighted by atomic mass is 16.5. The van der Waals surface area contributed by atoms with Crippen molar-refractivity contribution < 1.29 is 9.53 Å². The number of hydrogen-bond acceptors (Lipinski definition) is 4. The van der Waals surface area contributed by atoms with Crippen molar-refractivity contribution in [2.24, 2.45) is 0 Å². The van der Waals surface area contributed by atoms with E-state index < -0.39 is 0 Å². The number of anilines is 2. The Balaban J connectivity index is 1.46. The Hall–Kier alpha value is -2.53. The molecule has 3 rings (SSSR count). The quantitative estimate of drug-likeness (QED) is 0.788.